The van der Waals surface area contributed by atoms with Crippen LogP contribution in [0.25, 0.3) is 22.5 Å². The third kappa shape index (κ3) is 6.02. The van der Waals surface area contributed by atoms with Gasteiger partial charge >= 0.3 is 5.97 Å². The first-order valence-electron chi connectivity index (χ1n) is 12.0. The molecule has 3 aromatic heterocycles. The van der Waals surface area contributed by atoms with Crippen molar-refractivity contribution >= 4 is 46.4 Å². The topological polar surface area (TPSA) is 114 Å². The minimum Gasteiger partial charge on any atom is -0.475 e. The Bertz CT molecular complexity index is 1610. The molecule has 3 heterocycles. The Morgan fingerprint density at radius 1 is 1.05 bits per heavy atom. The van der Waals surface area contributed by atoms with Gasteiger partial charge in [0.05, 0.1) is 23.1 Å². The molecule has 1 aromatic carbocycles. The van der Waals surface area contributed by atoms with Crippen molar-refractivity contribution in [1.82, 2.24) is 14.3 Å². The number of aliphatic carboxylic acids is 1. The monoisotopic (exact) mass is 566 g/mol. The van der Waals surface area contributed by atoms with Crippen LogP contribution in [0.2, 0.25) is 4.34 Å². The minimum absolute atomic E-state index is 0.212. The van der Waals surface area contributed by atoms with Gasteiger partial charge in [-0.15, -0.1) is 11.3 Å². The molecule has 4 aromatic rings. The number of aromatic nitrogens is 3. The fraction of sp³-hybridized carbons (Fsp3) is 0.250. The van der Waals surface area contributed by atoms with Crippen molar-refractivity contribution in [3.05, 3.63) is 80.2 Å². The summed E-state index contributed by atoms with van der Waals surface area (Å²) in [5, 5.41) is 13.8. The molecule has 0 amide bonds. The zero-order valence-corrected chi connectivity index (χ0v) is 23.4. The maximum atomic E-state index is 13.6. The second-order valence-corrected chi connectivity index (χ2v) is 11.8. The van der Waals surface area contributed by atoms with E-state index in [0.29, 0.717) is 27.8 Å². The first kappa shape index (κ1) is 28.0. The highest BCUT2D eigenvalue weighted by Crippen LogP contribution is 2.30. The number of ketones is 1. The predicted octanol–water partition coefficient (Wildman–Crippen LogP) is 5.07. The van der Waals surface area contributed by atoms with E-state index in [1.165, 1.54) is 16.0 Å². The molecule has 0 aliphatic carbocycles. The Kier molecular flexibility index (Phi) is 7.89. The van der Waals surface area contributed by atoms with Crippen molar-refractivity contribution < 1.29 is 19.5 Å². The molecule has 0 aliphatic rings. The van der Waals surface area contributed by atoms with Gasteiger partial charge in [-0.3, -0.25) is 19.0 Å². The average molecular weight is 567 g/mol. The van der Waals surface area contributed by atoms with Crippen molar-refractivity contribution in [2.75, 3.05) is 11.9 Å². The number of pyridine rings is 1. The molecule has 202 valence electrons. The number of halogens is 1. The van der Waals surface area contributed by atoms with E-state index in [0.717, 1.165) is 9.44 Å². The van der Waals surface area contributed by atoms with Crippen molar-refractivity contribution in [2.45, 2.75) is 33.9 Å². The fourth-order valence-corrected chi connectivity index (χ4v) is 5.14. The first-order chi connectivity index (χ1) is 18.4. The molecule has 0 aliphatic heterocycles. The summed E-state index contributed by atoms with van der Waals surface area (Å²) >= 11 is 7.51. The largest absolute Gasteiger partial charge is 0.475 e. The number of rotatable bonds is 8. The molecule has 0 bridgehead atoms. The van der Waals surface area contributed by atoms with Crippen LogP contribution in [0.4, 0.5) is 5.82 Å². The number of Topliss-reactive ketones (excluding diaryl/α,β-unsaturated/α-hetero) is 1. The molecule has 0 unspecified atom stereocenters. The molecule has 0 radical (unpaired) electrons. The molecule has 4 rings (SSSR count). The predicted molar refractivity (Wildman–Crippen MR) is 152 cm³/mol. The van der Waals surface area contributed by atoms with Crippen LogP contribution in [0.1, 0.15) is 30.4 Å². The number of carboxylic acid groups (broad SMARTS) is 1. The van der Waals surface area contributed by atoms with Gasteiger partial charge < -0.3 is 10.0 Å². The standard InChI is InChI=1S/C28H27ClN4O5S/c1-28(2,3)27(38)33-24(31(4)15-18-10-13-23(29)39-18)14-20(30-33)21-12-11-19(17-8-6-5-7-9-17)25(35)32(21)16-22(34)26(36)37/h5-14H,15-16H2,1-4H3,(H,36,37). The van der Waals surface area contributed by atoms with E-state index in [4.69, 9.17) is 11.6 Å². The summed E-state index contributed by atoms with van der Waals surface area (Å²) in [6.07, 6.45) is 0. The van der Waals surface area contributed by atoms with Gasteiger partial charge in [-0.2, -0.15) is 9.78 Å². The highest BCUT2D eigenvalue weighted by Gasteiger charge is 2.29. The lowest BCUT2D eigenvalue weighted by atomic mass is 9.96. The first-order valence-corrected chi connectivity index (χ1v) is 13.2. The summed E-state index contributed by atoms with van der Waals surface area (Å²) in [6, 6.07) is 17.4. The summed E-state index contributed by atoms with van der Waals surface area (Å²) in [4.78, 5) is 53.5. The van der Waals surface area contributed by atoms with E-state index in [2.05, 4.69) is 5.10 Å². The summed E-state index contributed by atoms with van der Waals surface area (Å²) in [7, 11) is 1.81. The number of anilines is 1. The Morgan fingerprint density at radius 3 is 2.33 bits per heavy atom. The van der Waals surface area contributed by atoms with E-state index in [1.54, 1.807) is 76.3 Å². The molecule has 1 N–H and O–H groups in total. The van der Waals surface area contributed by atoms with E-state index in [1.807, 2.05) is 17.0 Å². The number of carboxylic acids is 1. The lowest BCUT2D eigenvalue weighted by molar-refractivity contribution is -0.149. The second kappa shape index (κ2) is 11.0. The zero-order valence-electron chi connectivity index (χ0n) is 21.8. The van der Waals surface area contributed by atoms with Crippen LogP contribution >= 0.6 is 22.9 Å². The van der Waals surface area contributed by atoms with Gasteiger partial charge in [0.15, 0.2) is 0 Å². The summed E-state index contributed by atoms with van der Waals surface area (Å²) in [5.74, 6) is -2.62. The maximum Gasteiger partial charge on any atom is 0.374 e. The van der Waals surface area contributed by atoms with Crippen molar-refractivity contribution in [3.63, 3.8) is 0 Å². The van der Waals surface area contributed by atoms with Gasteiger partial charge in [0.1, 0.15) is 11.5 Å². The number of hydrogen-bond donors (Lipinski definition) is 1. The Labute approximate surface area is 233 Å². The molecule has 11 heteroatoms. The number of benzene rings is 1. The normalized spacial score (nSPS) is 11.4. The highest BCUT2D eigenvalue weighted by atomic mass is 35.5. The molecule has 0 saturated carbocycles. The highest BCUT2D eigenvalue weighted by molar-refractivity contribution is 7.16. The molecule has 0 spiro atoms. The van der Waals surface area contributed by atoms with Crippen LogP contribution in [-0.2, 0) is 22.7 Å². The van der Waals surface area contributed by atoms with Gasteiger partial charge in [-0.25, -0.2) is 4.79 Å². The van der Waals surface area contributed by atoms with E-state index >= 15 is 0 Å². The van der Waals surface area contributed by atoms with Gasteiger partial charge in [0.2, 0.25) is 0 Å². The Hall–Kier alpha value is -4.02. The molecular formula is C28H27ClN4O5S. The van der Waals surface area contributed by atoms with Crippen LogP contribution in [0.5, 0.6) is 0 Å². The third-order valence-corrected chi connectivity index (χ3v) is 7.22. The van der Waals surface area contributed by atoms with E-state index < -0.39 is 29.3 Å². The Morgan fingerprint density at radius 2 is 1.74 bits per heavy atom. The van der Waals surface area contributed by atoms with Crippen LogP contribution in [0.15, 0.2) is 65.5 Å². The van der Waals surface area contributed by atoms with Crippen molar-refractivity contribution in [3.8, 4) is 22.5 Å². The fourth-order valence-electron chi connectivity index (χ4n) is 3.99. The van der Waals surface area contributed by atoms with Crippen molar-refractivity contribution in [2.24, 2.45) is 5.41 Å². The second-order valence-electron chi connectivity index (χ2n) is 10.0. The number of carbonyl (C=O) groups excluding carboxylic acids is 2. The average Bonchev–Trinajstić information content (AvgIpc) is 3.50. The van der Waals surface area contributed by atoms with Crippen LogP contribution < -0.4 is 10.5 Å². The molecule has 0 saturated heterocycles. The minimum atomic E-state index is -1.65. The van der Waals surface area contributed by atoms with Gasteiger partial charge in [-0.05, 0) is 29.8 Å². The molecular weight excluding hydrogens is 540 g/mol. The SMILES string of the molecule is CN(Cc1ccc(Cl)s1)c1cc(-c2ccc(-c3ccccc3)c(=O)n2CC(=O)C(=O)O)nn1C(=O)C(C)(C)C. The molecule has 9 nitrogen and oxygen atoms in total. The van der Waals surface area contributed by atoms with Crippen LogP contribution in [-0.4, -0.2) is 44.2 Å². The third-order valence-electron chi connectivity index (χ3n) is 6.00. The number of thiophene rings is 1. The number of nitrogens with zero attached hydrogens (tertiary/aromatic N) is 4. The van der Waals surface area contributed by atoms with Gasteiger partial charge in [0, 0.05) is 29.0 Å². The van der Waals surface area contributed by atoms with E-state index in [9.17, 15) is 24.3 Å². The molecule has 0 atom stereocenters. The quantitative estimate of drug-likeness (QED) is 0.296. The van der Waals surface area contributed by atoms with E-state index in [-0.39, 0.29) is 17.3 Å². The van der Waals surface area contributed by atoms with Gasteiger partial charge in [0.25, 0.3) is 17.2 Å². The number of hydrogen-bond acceptors (Lipinski definition) is 7. The molecule has 0 fully saturated rings. The smallest absolute Gasteiger partial charge is 0.374 e. The molecule has 39 heavy (non-hydrogen) atoms. The van der Waals surface area contributed by atoms with Crippen molar-refractivity contribution in [1.29, 1.82) is 0 Å². The Balaban J connectivity index is 1.88. The zero-order chi connectivity index (χ0) is 28.5. The maximum absolute atomic E-state index is 13.6. The van der Waals surface area contributed by atoms with Gasteiger partial charge in [-0.1, -0.05) is 62.7 Å². The lowest BCUT2D eigenvalue weighted by Gasteiger charge is -2.22. The number of carbonyl (C=O) groups is 3. The lowest BCUT2D eigenvalue weighted by Crippen LogP contribution is -2.31. The summed E-state index contributed by atoms with van der Waals surface area (Å²) in [6.45, 7) is 5.07. The van der Waals surface area contributed by atoms with Crippen LogP contribution in [0.3, 0.4) is 0 Å². The summed E-state index contributed by atoms with van der Waals surface area (Å²) in [5.41, 5.74) is 0.0512. The van der Waals surface area contributed by atoms with Crippen LogP contribution in [0, 0.1) is 5.41 Å². The summed E-state index contributed by atoms with van der Waals surface area (Å²) < 4.78 is 3.02.